The smallest absolute Gasteiger partial charge is 0.129 e. The summed E-state index contributed by atoms with van der Waals surface area (Å²) in [6, 6.07) is 15.7. The molecule has 1 aliphatic carbocycles. The fourth-order valence-electron chi connectivity index (χ4n) is 4.56. The van der Waals surface area contributed by atoms with Crippen LogP contribution in [0.15, 0.2) is 54.7 Å². The van der Waals surface area contributed by atoms with Gasteiger partial charge in [-0.3, -0.25) is 5.10 Å². The van der Waals surface area contributed by atoms with E-state index in [0.717, 1.165) is 57.9 Å². The number of rotatable bonds is 6. The number of aryl methyl sites for hydroxylation is 1. The molecule has 1 aliphatic rings. The zero-order valence-corrected chi connectivity index (χ0v) is 22.1. The van der Waals surface area contributed by atoms with E-state index < -0.39 is 0 Å². The van der Waals surface area contributed by atoms with Crippen molar-refractivity contribution in [2.24, 2.45) is 11.8 Å². The number of fused-ring (bicyclic) bond motifs is 1. The van der Waals surface area contributed by atoms with Crippen molar-refractivity contribution in [1.82, 2.24) is 20.2 Å². The fraction of sp³-hybridized carbons (Fsp3) is 0.467. The summed E-state index contributed by atoms with van der Waals surface area (Å²) in [5, 5.41) is 6.91. The average Bonchev–Trinajstić information content (AvgIpc) is 3.61. The van der Waals surface area contributed by atoms with Crippen molar-refractivity contribution < 1.29 is 4.74 Å². The second kappa shape index (κ2) is 13.7. The lowest BCUT2D eigenvalue weighted by Crippen LogP contribution is -2.14. The highest BCUT2D eigenvalue weighted by Crippen LogP contribution is 2.31. The maximum Gasteiger partial charge on any atom is 0.129 e. The van der Waals surface area contributed by atoms with Gasteiger partial charge in [-0.25, -0.2) is 4.98 Å². The maximum absolute atomic E-state index is 5.93. The molecule has 1 fully saturated rings. The van der Waals surface area contributed by atoms with Crippen LogP contribution in [-0.4, -0.2) is 20.2 Å². The third-order valence-corrected chi connectivity index (χ3v) is 6.84. The predicted molar refractivity (Wildman–Crippen MR) is 147 cm³/mol. The number of H-pyrrole nitrogens is 2. The van der Waals surface area contributed by atoms with Gasteiger partial charge in [-0.2, -0.15) is 5.10 Å². The maximum atomic E-state index is 5.93. The molecule has 1 saturated carbocycles. The minimum absolute atomic E-state index is 0.790. The van der Waals surface area contributed by atoms with Gasteiger partial charge < -0.3 is 9.72 Å². The van der Waals surface area contributed by atoms with E-state index in [1.54, 1.807) is 6.20 Å². The van der Waals surface area contributed by atoms with Crippen molar-refractivity contribution in [3.05, 3.63) is 60.6 Å². The first-order valence-corrected chi connectivity index (χ1v) is 13.4. The zero-order valence-electron chi connectivity index (χ0n) is 22.1. The third kappa shape index (κ3) is 7.45. The normalized spacial score (nSPS) is 14.4. The Bertz CT molecular complexity index is 1110. The summed E-state index contributed by atoms with van der Waals surface area (Å²) in [6.45, 7) is 10.8. The molecule has 188 valence electrons. The SMILES string of the molecule is CC.CCC(C)C1CCCCC1.CCc1nc2ccc(Oc3ccc(-c4ccn[nH]4)cc3)cc2[nH]1. The van der Waals surface area contributed by atoms with Crippen molar-refractivity contribution in [2.45, 2.75) is 79.6 Å². The van der Waals surface area contributed by atoms with Crippen LogP contribution in [0.5, 0.6) is 11.5 Å². The Morgan fingerprint density at radius 1 is 0.943 bits per heavy atom. The highest BCUT2D eigenvalue weighted by molar-refractivity contribution is 5.77. The molecule has 1 atom stereocenters. The summed E-state index contributed by atoms with van der Waals surface area (Å²) >= 11 is 0. The van der Waals surface area contributed by atoms with Gasteiger partial charge in [0.15, 0.2) is 0 Å². The molecule has 5 rings (SSSR count). The number of nitrogens with one attached hydrogen (secondary N) is 2. The Kier molecular flexibility index (Phi) is 10.4. The van der Waals surface area contributed by atoms with Gasteiger partial charge in [-0.15, -0.1) is 0 Å². The number of ether oxygens (including phenoxy) is 1. The van der Waals surface area contributed by atoms with Gasteiger partial charge in [0.05, 0.1) is 16.7 Å². The Morgan fingerprint density at radius 3 is 2.29 bits per heavy atom. The number of benzene rings is 2. The van der Waals surface area contributed by atoms with Crippen LogP contribution >= 0.6 is 0 Å². The molecule has 1 unspecified atom stereocenters. The van der Waals surface area contributed by atoms with Gasteiger partial charge in [0.2, 0.25) is 0 Å². The summed E-state index contributed by atoms with van der Waals surface area (Å²) in [5.41, 5.74) is 4.02. The van der Waals surface area contributed by atoms with Gasteiger partial charge in [0, 0.05) is 18.7 Å². The van der Waals surface area contributed by atoms with Crippen molar-refractivity contribution in [2.75, 3.05) is 0 Å². The van der Waals surface area contributed by atoms with E-state index in [4.69, 9.17) is 4.74 Å². The van der Waals surface area contributed by atoms with Crippen LogP contribution in [0.25, 0.3) is 22.3 Å². The molecule has 2 aromatic carbocycles. The first-order valence-electron chi connectivity index (χ1n) is 13.4. The number of imidazole rings is 1. The van der Waals surface area contributed by atoms with E-state index in [-0.39, 0.29) is 0 Å². The van der Waals surface area contributed by atoms with E-state index in [2.05, 4.69) is 40.9 Å². The molecule has 0 aliphatic heterocycles. The second-order valence-electron chi connectivity index (χ2n) is 9.10. The van der Waals surface area contributed by atoms with Crippen LogP contribution in [0.3, 0.4) is 0 Å². The third-order valence-electron chi connectivity index (χ3n) is 6.84. The molecule has 5 nitrogen and oxygen atoms in total. The first kappa shape index (κ1) is 26.5. The monoisotopic (exact) mass is 474 g/mol. The first-order chi connectivity index (χ1) is 17.2. The summed E-state index contributed by atoms with van der Waals surface area (Å²) in [6.07, 6.45) is 11.5. The number of aromatic amines is 2. The number of aromatic nitrogens is 4. The summed E-state index contributed by atoms with van der Waals surface area (Å²) < 4.78 is 5.93. The highest BCUT2D eigenvalue weighted by atomic mass is 16.5. The molecule has 5 heteroatoms. The number of hydrogen-bond donors (Lipinski definition) is 2. The highest BCUT2D eigenvalue weighted by Gasteiger charge is 2.17. The van der Waals surface area contributed by atoms with Gasteiger partial charge in [0.1, 0.15) is 17.3 Å². The lowest BCUT2D eigenvalue weighted by molar-refractivity contribution is 0.258. The van der Waals surface area contributed by atoms with Crippen molar-refractivity contribution >= 4 is 11.0 Å². The topological polar surface area (TPSA) is 66.6 Å². The van der Waals surface area contributed by atoms with Crippen LogP contribution in [0.2, 0.25) is 0 Å². The quantitative estimate of drug-likeness (QED) is 0.293. The zero-order chi connectivity index (χ0) is 25.0. The van der Waals surface area contributed by atoms with Crippen LogP contribution in [0.4, 0.5) is 0 Å². The standard InChI is InChI=1S/C18H16N4O.C10H20.C2H6/c1-2-18-20-16-8-7-14(11-17(16)21-18)23-13-5-3-12(4-6-13)15-9-10-19-22-15;1-3-9(2)10-7-5-4-6-8-10;1-2/h3-11H,2H2,1H3,(H,19,22)(H,20,21);9-10H,3-8H2,1-2H3;1-2H3. The van der Waals surface area contributed by atoms with Gasteiger partial charge in [0.25, 0.3) is 0 Å². The minimum atomic E-state index is 0.790. The summed E-state index contributed by atoms with van der Waals surface area (Å²) in [5.74, 6) is 4.63. The van der Waals surface area contributed by atoms with E-state index in [1.807, 2.05) is 62.4 Å². The molecule has 4 aromatic rings. The molecule has 0 saturated heterocycles. The summed E-state index contributed by atoms with van der Waals surface area (Å²) in [7, 11) is 0. The molecule has 35 heavy (non-hydrogen) atoms. The second-order valence-corrected chi connectivity index (χ2v) is 9.10. The Balaban J connectivity index is 0.000000240. The van der Waals surface area contributed by atoms with Gasteiger partial charge in [-0.1, -0.05) is 73.1 Å². The average molecular weight is 475 g/mol. The molecule has 0 radical (unpaired) electrons. The van der Waals surface area contributed by atoms with E-state index in [9.17, 15) is 0 Å². The molecule has 2 N–H and O–H groups in total. The van der Waals surface area contributed by atoms with Crippen molar-refractivity contribution in [3.63, 3.8) is 0 Å². The fourth-order valence-corrected chi connectivity index (χ4v) is 4.56. The lowest BCUT2D eigenvalue weighted by atomic mass is 9.80. The van der Waals surface area contributed by atoms with Crippen molar-refractivity contribution in [3.8, 4) is 22.8 Å². The molecule has 0 bridgehead atoms. The van der Waals surface area contributed by atoms with Crippen LogP contribution in [-0.2, 0) is 6.42 Å². The predicted octanol–water partition coefficient (Wildman–Crippen LogP) is 8.95. The lowest BCUT2D eigenvalue weighted by Gasteiger charge is -2.26. The molecule has 2 aromatic heterocycles. The van der Waals surface area contributed by atoms with Gasteiger partial charge >= 0.3 is 0 Å². The summed E-state index contributed by atoms with van der Waals surface area (Å²) in [4.78, 5) is 7.80. The Labute approximate surface area is 210 Å². The van der Waals surface area contributed by atoms with E-state index in [1.165, 1.54) is 38.5 Å². The van der Waals surface area contributed by atoms with Crippen molar-refractivity contribution in [1.29, 1.82) is 0 Å². The van der Waals surface area contributed by atoms with Crippen LogP contribution < -0.4 is 4.74 Å². The van der Waals surface area contributed by atoms with E-state index in [0.29, 0.717) is 0 Å². The molecule has 2 heterocycles. The minimum Gasteiger partial charge on any atom is -0.457 e. The van der Waals surface area contributed by atoms with E-state index >= 15 is 0 Å². The molecule has 0 spiro atoms. The molecular weight excluding hydrogens is 432 g/mol. The number of nitrogens with zero attached hydrogens (tertiary/aromatic N) is 2. The Morgan fingerprint density at radius 2 is 1.66 bits per heavy atom. The Hall–Kier alpha value is -3.08. The largest absolute Gasteiger partial charge is 0.457 e. The van der Waals surface area contributed by atoms with Crippen LogP contribution in [0, 0.1) is 11.8 Å². The number of hydrogen-bond acceptors (Lipinski definition) is 3. The molecule has 0 amide bonds. The van der Waals surface area contributed by atoms with Crippen LogP contribution in [0.1, 0.15) is 79.0 Å². The van der Waals surface area contributed by atoms with Gasteiger partial charge in [-0.05, 0) is 59.9 Å². The molecular formula is C30H42N4O.